The maximum atomic E-state index is 12.3. The van der Waals surface area contributed by atoms with Crippen LogP contribution in [0.4, 0.5) is 0 Å². The van der Waals surface area contributed by atoms with Crippen molar-refractivity contribution in [1.82, 2.24) is 35.1 Å². The fraction of sp³-hybridized carbons (Fsp3) is 0.320. The summed E-state index contributed by atoms with van der Waals surface area (Å²) in [6, 6.07) is 12.5. The summed E-state index contributed by atoms with van der Waals surface area (Å²) in [5.41, 5.74) is 4.86. The van der Waals surface area contributed by atoms with Crippen LogP contribution in [0.1, 0.15) is 52.9 Å². The van der Waals surface area contributed by atoms with E-state index in [9.17, 15) is 4.79 Å². The van der Waals surface area contributed by atoms with Crippen molar-refractivity contribution in [2.75, 3.05) is 13.1 Å². The molecule has 4 aromatic rings. The lowest BCUT2D eigenvalue weighted by atomic mass is 9.90. The Bertz CT molecular complexity index is 1190. The average molecular weight is 442 g/mol. The van der Waals surface area contributed by atoms with E-state index in [0.29, 0.717) is 18.8 Å². The number of aryl methyl sites for hydroxylation is 1. The number of aromatic nitrogens is 5. The number of para-hydroxylation sites is 2. The Morgan fingerprint density at radius 3 is 2.94 bits per heavy atom. The molecule has 1 aliphatic rings. The SMILES string of the molecule is O=C(NCCCN(Cc1nc2ccccc2[nH]1)C1CCCc2cccnc21)c1cnccn1. The van der Waals surface area contributed by atoms with Gasteiger partial charge in [-0.05, 0) is 49.4 Å². The summed E-state index contributed by atoms with van der Waals surface area (Å²) < 4.78 is 0. The monoisotopic (exact) mass is 441 g/mol. The highest BCUT2D eigenvalue weighted by molar-refractivity contribution is 5.91. The number of amides is 1. The topological polar surface area (TPSA) is 99.7 Å². The van der Waals surface area contributed by atoms with Crippen molar-refractivity contribution in [3.8, 4) is 0 Å². The lowest BCUT2D eigenvalue weighted by molar-refractivity contribution is 0.0943. The zero-order valence-electron chi connectivity index (χ0n) is 18.4. The third-order valence-corrected chi connectivity index (χ3v) is 6.10. The van der Waals surface area contributed by atoms with Crippen LogP contribution in [0.15, 0.2) is 61.2 Å². The summed E-state index contributed by atoms with van der Waals surface area (Å²) in [6.07, 6.45) is 10.5. The lowest BCUT2D eigenvalue weighted by Gasteiger charge is -2.34. The first-order valence-corrected chi connectivity index (χ1v) is 11.4. The predicted octanol–water partition coefficient (Wildman–Crippen LogP) is 3.45. The van der Waals surface area contributed by atoms with Gasteiger partial charge in [-0.2, -0.15) is 0 Å². The highest BCUT2D eigenvalue weighted by atomic mass is 16.1. The maximum Gasteiger partial charge on any atom is 0.271 e. The smallest absolute Gasteiger partial charge is 0.271 e. The van der Waals surface area contributed by atoms with Gasteiger partial charge in [0.1, 0.15) is 11.5 Å². The minimum absolute atomic E-state index is 0.198. The van der Waals surface area contributed by atoms with Crippen molar-refractivity contribution < 1.29 is 4.79 Å². The maximum absolute atomic E-state index is 12.3. The number of fused-ring (bicyclic) bond motifs is 2. The minimum atomic E-state index is -0.198. The van der Waals surface area contributed by atoms with Gasteiger partial charge in [0.25, 0.3) is 5.91 Å². The van der Waals surface area contributed by atoms with E-state index in [1.54, 1.807) is 6.20 Å². The Labute approximate surface area is 192 Å². The van der Waals surface area contributed by atoms with E-state index >= 15 is 0 Å². The molecule has 33 heavy (non-hydrogen) atoms. The van der Waals surface area contributed by atoms with Crippen LogP contribution < -0.4 is 5.32 Å². The molecular weight excluding hydrogens is 414 g/mol. The van der Waals surface area contributed by atoms with E-state index in [0.717, 1.165) is 49.1 Å². The molecule has 1 atom stereocenters. The summed E-state index contributed by atoms with van der Waals surface area (Å²) >= 11 is 0. The van der Waals surface area contributed by atoms with Crippen LogP contribution in [0.3, 0.4) is 0 Å². The van der Waals surface area contributed by atoms with E-state index in [-0.39, 0.29) is 11.9 Å². The van der Waals surface area contributed by atoms with Crippen LogP contribution in [0.2, 0.25) is 0 Å². The Kier molecular flexibility index (Phi) is 6.34. The molecule has 1 aliphatic carbocycles. The third kappa shape index (κ3) is 4.90. The molecule has 2 N–H and O–H groups in total. The van der Waals surface area contributed by atoms with Gasteiger partial charge in [-0.1, -0.05) is 18.2 Å². The first-order valence-electron chi connectivity index (χ1n) is 11.4. The number of nitrogens with one attached hydrogen (secondary N) is 2. The second-order valence-electron chi connectivity index (χ2n) is 8.33. The van der Waals surface area contributed by atoms with E-state index in [1.165, 1.54) is 23.7 Å². The average Bonchev–Trinajstić information content (AvgIpc) is 3.28. The summed E-state index contributed by atoms with van der Waals surface area (Å²) in [6.45, 7) is 2.08. The van der Waals surface area contributed by atoms with Crippen molar-refractivity contribution in [3.05, 3.63) is 84.0 Å². The number of benzene rings is 1. The number of pyridine rings is 1. The number of carbonyl (C=O) groups excluding carboxylic acids is 1. The number of H-pyrrole nitrogens is 1. The fourth-order valence-corrected chi connectivity index (χ4v) is 4.55. The number of rotatable bonds is 8. The van der Waals surface area contributed by atoms with Crippen LogP contribution in [-0.2, 0) is 13.0 Å². The van der Waals surface area contributed by atoms with Crippen LogP contribution in [0.5, 0.6) is 0 Å². The number of aromatic amines is 1. The molecule has 1 unspecified atom stereocenters. The van der Waals surface area contributed by atoms with Gasteiger partial charge >= 0.3 is 0 Å². The lowest BCUT2D eigenvalue weighted by Crippen LogP contribution is -2.35. The molecule has 0 fully saturated rings. The Morgan fingerprint density at radius 1 is 1.12 bits per heavy atom. The second-order valence-corrected chi connectivity index (χ2v) is 8.33. The fourth-order valence-electron chi connectivity index (χ4n) is 4.55. The van der Waals surface area contributed by atoms with E-state index in [4.69, 9.17) is 9.97 Å². The summed E-state index contributed by atoms with van der Waals surface area (Å²) in [7, 11) is 0. The van der Waals surface area contributed by atoms with Gasteiger partial charge in [0, 0.05) is 31.7 Å². The number of nitrogens with zero attached hydrogens (tertiary/aromatic N) is 5. The zero-order chi connectivity index (χ0) is 22.5. The first kappa shape index (κ1) is 21.2. The standard InChI is InChI=1S/C25H27N7O/c33-25(21-16-26-13-14-27-21)29-12-5-15-32(17-23-30-19-8-1-2-9-20(19)31-23)22-10-3-6-18-7-4-11-28-24(18)22/h1-2,4,7-9,11,13-14,16,22H,3,5-6,10,12,15,17H2,(H,29,33)(H,30,31). The molecule has 0 radical (unpaired) electrons. The van der Waals surface area contributed by atoms with E-state index in [2.05, 4.69) is 37.3 Å². The molecule has 168 valence electrons. The molecule has 0 saturated heterocycles. The molecule has 8 nitrogen and oxygen atoms in total. The number of imidazole rings is 1. The highest BCUT2D eigenvalue weighted by Gasteiger charge is 2.27. The third-order valence-electron chi connectivity index (χ3n) is 6.10. The van der Waals surface area contributed by atoms with Crippen LogP contribution in [0.25, 0.3) is 11.0 Å². The molecule has 0 saturated carbocycles. The largest absolute Gasteiger partial charge is 0.351 e. The van der Waals surface area contributed by atoms with Gasteiger partial charge in [-0.25, -0.2) is 9.97 Å². The minimum Gasteiger partial charge on any atom is -0.351 e. The van der Waals surface area contributed by atoms with Gasteiger partial charge in [-0.3, -0.25) is 19.7 Å². The Hall–Kier alpha value is -3.65. The Morgan fingerprint density at radius 2 is 2.06 bits per heavy atom. The number of hydrogen-bond acceptors (Lipinski definition) is 6. The molecule has 0 bridgehead atoms. The van der Waals surface area contributed by atoms with Gasteiger partial charge < -0.3 is 10.3 Å². The summed E-state index contributed by atoms with van der Waals surface area (Å²) in [4.78, 5) is 35.8. The van der Waals surface area contributed by atoms with Crippen LogP contribution in [0, 0.1) is 0 Å². The molecule has 0 aliphatic heterocycles. The van der Waals surface area contributed by atoms with Crippen molar-refractivity contribution in [3.63, 3.8) is 0 Å². The van der Waals surface area contributed by atoms with Crippen molar-refractivity contribution in [1.29, 1.82) is 0 Å². The molecular formula is C25H27N7O. The summed E-state index contributed by atoms with van der Waals surface area (Å²) in [5, 5.41) is 2.95. The molecule has 3 heterocycles. The van der Waals surface area contributed by atoms with Crippen molar-refractivity contribution in [2.45, 2.75) is 38.3 Å². The molecule has 0 spiro atoms. The number of carbonyl (C=O) groups is 1. The molecule has 1 aromatic carbocycles. The van der Waals surface area contributed by atoms with E-state index < -0.39 is 0 Å². The second kappa shape index (κ2) is 9.87. The number of hydrogen-bond donors (Lipinski definition) is 2. The first-order chi connectivity index (χ1) is 16.3. The quantitative estimate of drug-likeness (QED) is 0.406. The Balaban J connectivity index is 1.30. The van der Waals surface area contributed by atoms with Crippen molar-refractivity contribution >= 4 is 16.9 Å². The molecule has 8 heteroatoms. The highest BCUT2D eigenvalue weighted by Crippen LogP contribution is 2.33. The van der Waals surface area contributed by atoms with Gasteiger partial charge in [0.15, 0.2) is 0 Å². The normalized spacial score (nSPS) is 15.5. The predicted molar refractivity (Wildman–Crippen MR) is 125 cm³/mol. The van der Waals surface area contributed by atoms with Crippen LogP contribution in [-0.4, -0.2) is 48.8 Å². The van der Waals surface area contributed by atoms with Gasteiger partial charge in [0.05, 0.1) is 35.5 Å². The molecule has 3 aromatic heterocycles. The van der Waals surface area contributed by atoms with Crippen LogP contribution >= 0.6 is 0 Å². The molecule has 1 amide bonds. The van der Waals surface area contributed by atoms with Crippen molar-refractivity contribution in [2.24, 2.45) is 0 Å². The van der Waals surface area contributed by atoms with E-state index in [1.807, 2.05) is 30.5 Å². The summed E-state index contributed by atoms with van der Waals surface area (Å²) in [5.74, 6) is 0.750. The zero-order valence-corrected chi connectivity index (χ0v) is 18.4. The van der Waals surface area contributed by atoms with Gasteiger partial charge in [0.2, 0.25) is 0 Å². The molecule has 5 rings (SSSR count). The van der Waals surface area contributed by atoms with Gasteiger partial charge in [-0.15, -0.1) is 0 Å².